The third kappa shape index (κ3) is 4.06. The van der Waals surface area contributed by atoms with Gasteiger partial charge in [0.25, 0.3) is 0 Å². The summed E-state index contributed by atoms with van der Waals surface area (Å²) in [6.45, 7) is 3.02. The van der Waals surface area contributed by atoms with Gasteiger partial charge < -0.3 is 5.32 Å². The predicted molar refractivity (Wildman–Crippen MR) is 71.1 cm³/mol. The van der Waals surface area contributed by atoms with Crippen LogP contribution in [0.1, 0.15) is 18.9 Å². The summed E-state index contributed by atoms with van der Waals surface area (Å²) >= 11 is 11.9. The van der Waals surface area contributed by atoms with Crippen molar-refractivity contribution in [3.63, 3.8) is 0 Å². The van der Waals surface area contributed by atoms with Crippen molar-refractivity contribution in [1.82, 2.24) is 5.32 Å². The molecule has 0 saturated heterocycles. The molecule has 0 bridgehead atoms. The lowest BCUT2D eigenvalue weighted by molar-refractivity contribution is 0.598. The van der Waals surface area contributed by atoms with Crippen LogP contribution >= 0.6 is 23.2 Å². The van der Waals surface area contributed by atoms with Crippen molar-refractivity contribution in [2.45, 2.75) is 25.8 Å². The maximum absolute atomic E-state index is 6.08. The molecule has 86 valence electrons. The molecule has 0 amide bonds. The van der Waals surface area contributed by atoms with Crippen LogP contribution in [0.15, 0.2) is 18.2 Å². The number of benzene rings is 1. The Bertz CT molecular complexity index is 382. The predicted octanol–water partition coefficient (Wildman–Crippen LogP) is 3.54. The highest BCUT2D eigenvalue weighted by Crippen LogP contribution is 2.21. The molecule has 0 aliphatic rings. The molecule has 0 aliphatic carbocycles. The summed E-state index contributed by atoms with van der Waals surface area (Å²) in [5.74, 6) is 2.72. The fourth-order valence-corrected chi connectivity index (χ4v) is 1.90. The van der Waals surface area contributed by atoms with Crippen LogP contribution in [0.5, 0.6) is 0 Å². The fraction of sp³-hybridized carbons (Fsp3) is 0.385. The van der Waals surface area contributed by atoms with E-state index in [1.54, 1.807) is 6.07 Å². The quantitative estimate of drug-likeness (QED) is 0.794. The van der Waals surface area contributed by atoms with Crippen LogP contribution in [0.3, 0.4) is 0 Å². The van der Waals surface area contributed by atoms with Crippen LogP contribution in [0, 0.1) is 12.3 Å². The Labute approximate surface area is 107 Å². The minimum absolute atomic E-state index is 0.0265. The van der Waals surface area contributed by atoms with Crippen molar-refractivity contribution in [3.8, 4) is 12.3 Å². The molecule has 0 saturated carbocycles. The number of hydrogen-bond donors (Lipinski definition) is 1. The van der Waals surface area contributed by atoms with Gasteiger partial charge in [-0.2, -0.15) is 0 Å². The van der Waals surface area contributed by atoms with Gasteiger partial charge in [-0.1, -0.05) is 42.1 Å². The molecule has 1 atom stereocenters. The zero-order valence-corrected chi connectivity index (χ0v) is 10.8. The molecule has 16 heavy (non-hydrogen) atoms. The van der Waals surface area contributed by atoms with Crippen molar-refractivity contribution in [2.75, 3.05) is 6.54 Å². The first-order valence-electron chi connectivity index (χ1n) is 5.30. The van der Waals surface area contributed by atoms with Gasteiger partial charge in [0.05, 0.1) is 6.04 Å². The highest BCUT2D eigenvalue weighted by molar-refractivity contribution is 6.35. The highest BCUT2D eigenvalue weighted by Gasteiger charge is 2.08. The molecule has 1 aromatic rings. The Kier molecular flexibility index (Phi) is 5.69. The second-order valence-corrected chi connectivity index (χ2v) is 4.46. The van der Waals surface area contributed by atoms with E-state index >= 15 is 0 Å². The SMILES string of the molecule is C#CC(Cc1ccc(Cl)cc1Cl)NCCC. The number of nitrogens with one attached hydrogen (secondary N) is 1. The maximum atomic E-state index is 6.08. The minimum Gasteiger partial charge on any atom is -0.303 e. The summed E-state index contributed by atoms with van der Waals surface area (Å²) < 4.78 is 0. The van der Waals surface area contributed by atoms with E-state index < -0.39 is 0 Å². The first-order chi connectivity index (χ1) is 7.67. The van der Waals surface area contributed by atoms with Crippen molar-refractivity contribution >= 4 is 23.2 Å². The monoisotopic (exact) mass is 255 g/mol. The number of halogens is 2. The third-order valence-electron chi connectivity index (χ3n) is 2.28. The molecule has 1 unspecified atom stereocenters. The summed E-state index contributed by atoms with van der Waals surface area (Å²) in [4.78, 5) is 0. The molecule has 1 N–H and O–H groups in total. The van der Waals surface area contributed by atoms with Crippen molar-refractivity contribution in [1.29, 1.82) is 0 Å². The van der Waals surface area contributed by atoms with E-state index in [1.165, 1.54) is 0 Å². The molecule has 0 spiro atoms. The Balaban J connectivity index is 2.67. The van der Waals surface area contributed by atoms with Gasteiger partial charge in [-0.15, -0.1) is 6.42 Å². The Morgan fingerprint density at radius 3 is 2.75 bits per heavy atom. The molecule has 0 radical (unpaired) electrons. The Morgan fingerprint density at radius 2 is 2.19 bits per heavy atom. The van der Waals surface area contributed by atoms with Gasteiger partial charge in [-0.05, 0) is 30.7 Å². The standard InChI is InChI=1S/C13H15Cl2N/c1-3-7-16-12(4-2)8-10-5-6-11(14)9-13(10)15/h2,5-6,9,12,16H,3,7-8H2,1H3. The van der Waals surface area contributed by atoms with E-state index in [1.807, 2.05) is 12.1 Å². The summed E-state index contributed by atoms with van der Waals surface area (Å²) in [7, 11) is 0. The van der Waals surface area contributed by atoms with Crippen LogP contribution in [0.4, 0.5) is 0 Å². The van der Waals surface area contributed by atoms with E-state index in [2.05, 4.69) is 18.2 Å². The third-order valence-corrected chi connectivity index (χ3v) is 2.87. The van der Waals surface area contributed by atoms with E-state index in [4.69, 9.17) is 29.6 Å². The number of hydrogen-bond acceptors (Lipinski definition) is 1. The normalized spacial score (nSPS) is 12.1. The van der Waals surface area contributed by atoms with Crippen LogP contribution in [-0.2, 0) is 6.42 Å². The Morgan fingerprint density at radius 1 is 1.44 bits per heavy atom. The molecule has 0 aromatic heterocycles. The van der Waals surface area contributed by atoms with Crippen molar-refractivity contribution < 1.29 is 0 Å². The largest absolute Gasteiger partial charge is 0.303 e. The lowest BCUT2D eigenvalue weighted by Crippen LogP contribution is -2.30. The van der Waals surface area contributed by atoms with Crippen LogP contribution < -0.4 is 5.32 Å². The molecule has 3 heteroatoms. The van der Waals surface area contributed by atoms with E-state index in [0.29, 0.717) is 10.0 Å². The topological polar surface area (TPSA) is 12.0 Å². The van der Waals surface area contributed by atoms with Gasteiger partial charge in [-0.25, -0.2) is 0 Å². The molecule has 0 heterocycles. The van der Waals surface area contributed by atoms with E-state index in [0.717, 1.165) is 24.9 Å². The first-order valence-corrected chi connectivity index (χ1v) is 6.06. The van der Waals surface area contributed by atoms with Gasteiger partial charge in [-0.3, -0.25) is 0 Å². The second kappa shape index (κ2) is 6.81. The van der Waals surface area contributed by atoms with Gasteiger partial charge in [0.2, 0.25) is 0 Å². The van der Waals surface area contributed by atoms with Crippen LogP contribution in [0.25, 0.3) is 0 Å². The van der Waals surface area contributed by atoms with Crippen LogP contribution in [0.2, 0.25) is 10.0 Å². The molecular formula is C13H15Cl2N. The molecule has 1 rings (SSSR count). The second-order valence-electron chi connectivity index (χ2n) is 3.61. The van der Waals surface area contributed by atoms with E-state index in [-0.39, 0.29) is 6.04 Å². The zero-order chi connectivity index (χ0) is 12.0. The molecule has 1 aromatic carbocycles. The van der Waals surface area contributed by atoms with Gasteiger partial charge in [0.15, 0.2) is 0 Å². The summed E-state index contributed by atoms with van der Waals surface area (Å²) in [5, 5.41) is 4.60. The molecule has 0 aliphatic heterocycles. The highest BCUT2D eigenvalue weighted by atomic mass is 35.5. The summed E-state index contributed by atoms with van der Waals surface area (Å²) in [5.41, 5.74) is 1.03. The van der Waals surface area contributed by atoms with Crippen molar-refractivity contribution in [3.05, 3.63) is 33.8 Å². The Hall–Kier alpha value is -0.680. The first kappa shape index (κ1) is 13.4. The average molecular weight is 256 g/mol. The fourth-order valence-electron chi connectivity index (χ4n) is 1.42. The smallest absolute Gasteiger partial charge is 0.0728 e. The number of terminal acetylenes is 1. The molecule has 1 nitrogen and oxygen atoms in total. The molecule has 0 fully saturated rings. The average Bonchev–Trinajstić information content (AvgIpc) is 2.27. The van der Waals surface area contributed by atoms with Gasteiger partial charge in [0, 0.05) is 16.5 Å². The lowest BCUT2D eigenvalue weighted by Gasteiger charge is -2.13. The summed E-state index contributed by atoms with van der Waals surface area (Å²) in [6, 6.07) is 5.52. The lowest BCUT2D eigenvalue weighted by atomic mass is 10.1. The van der Waals surface area contributed by atoms with Gasteiger partial charge in [0.1, 0.15) is 0 Å². The maximum Gasteiger partial charge on any atom is 0.0728 e. The molecular weight excluding hydrogens is 241 g/mol. The summed E-state index contributed by atoms with van der Waals surface area (Å²) in [6.07, 6.45) is 7.25. The van der Waals surface area contributed by atoms with Crippen LogP contribution in [-0.4, -0.2) is 12.6 Å². The van der Waals surface area contributed by atoms with Crippen molar-refractivity contribution in [2.24, 2.45) is 0 Å². The zero-order valence-electron chi connectivity index (χ0n) is 9.26. The van der Waals surface area contributed by atoms with E-state index in [9.17, 15) is 0 Å². The van der Waals surface area contributed by atoms with Gasteiger partial charge >= 0.3 is 0 Å². The minimum atomic E-state index is 0.0265. The number of rotatable bonds is 5.